The van der Waals surface area contributed by atoms with Gasteiger partial charge in [0.15, 0.2) is 0 Å². The van der Waals surface area contributed by atoms with Gasteiger partial charge in [0.05, 0.1) is 6.04 Å². The van der Waals surface area contributed by atoms with Gasteiger partial charge in [0, 0.05) is 6.54 Å². The molecule has 48 valence electrons. The second kappa shape index (κ2) is 1.97. The summed E-state index contributed by atoms with van der Waals surface area (Å²) in [5, 5.41) is 0. The summed E-state index contributed by atoms with van der Waals surface area (Å²) in [6.07, 6.45) is -1.48. The number of hydrogen-bond acceptors (Lipinski definition) is 1. The highest BCUT2D eigenvalue weighted by molar-refractivity contribution is 4.81. The molecule has 0 aromatic rings. The monoisotopic (exact) mass is 121 g/mol. The van der Waals surface area contributed by atoms with Crippen molar-refractivity contribution in [2.75, 3.05) is 13.6 Å². The highest BCUT2D eigenvalue weighted by Gasteiger charge is 2.31. The van der Waals surface area contributed by atoms with Crippen LogP contribution in [0, 0.1) is 0 Å². The minimum Gasteiger partial charge on any atom is -0.298 e. The van der Waals surface area contributed by atoms with E-state index in [4.69, 9.17) is 0 Å². The molecule has 1 heterocycles. The number of likely N-dealkylation sites (tertiary alicyclic amines) is 1. The molecule has 1 saturated heterocycles. The molecule has 1 aliphatic heterocycles. The summed E-state index contributed by atoms with van der Waals surface area (Å²) < 4.78 is 23.4. The van der Waals surface area contributed by atoms with Gasteiger partial charge < -0.3 is 0 Å². The second-order valence-corrected chi connectivity index (χ2v) is 2.17. The van der Waals surface area contributed by atoms with E-state index in [0.29, 0.717) is 6.42 Å². The molecule has 0 amide bonds. The van der Waals surface area contributed by atoms with Crippen LogP contribution in [-0.4, -0.2) is 31.0 Å². The van der Waals surface area contributed by atoms with Crippen molar-refractivity contribution in [3.05, 3.63) is 0 Å². The molecule has 0 bridgehead atoms. The van der Waals surface area contributed by atoms with Crippen molar-refractivity contribution in [1.29, 1.82) is 0 Å². The summed E-state index contributed by atoms with van der Waals surface area (Å²) in [5.41, 5.74) is 0. The Morgan fingerprint density at radius 3 is 2.25 bits per heavy atom. The molecule has 1 fully saturated rings. The first-order valence-corrected chi connectivity index (χ1v) is 2.70. The van der Waals surface area contributed by atoms with Crippen molar-refractivity contribution in [1.82, 2.24) is 4.90 Å². The summed E-state index contributed by atoms with van der Waals surface area (Å²) in [6.45, 7) is 0.828. The Balaban J connectivity index is 2.26. The summed E-state index contributed by atoms with van der Waals surface area (Å²) >= 11 is 0. The number of halogens is 2. The SMILES string of the molecule is CN1CC[C@H]1C(F)F. The van der Waals surface area contributed by atoms with Gasteiger partial charge in [-0.05, 0) is 13.5 Å². The quantitative estimate of drug-likeness (QED) is 0.499. The lowest BCUT2D eigenvalue weighted by molar-refractivity contribution is -0.0182. The Labute approximate surface area is 47.3 Å². The van der Waals surface area contributed by atoms with Crippen molar-refractivity contribution in [2.45, 2.75) is 18.9 Å². The van der Waals surface area contributed by atoms with Gasteiger partial charge in [-0.15, -0.1) is 0 Å². The first kappa shape index (κ1) is 5.95. The molecule has 0 saturated carbocycles. The van der Waals surface area contributed by atoms with Crippen LogP contribution in [0.3, 0.4) is 0 Å². The van der Waals surface area contributed by atoms with E-state index in [0.717, 1.165) is 6.54 Å². The molecule has 0 unspecified atom stereocenters. The van der Waals surface area contributed by atoms with Crippen LogP contribution < -0.4 is 0 Å². The lowest BCUT2D eigenvalue weighted by Gasteiger charge is -2.36. The third-order valence-electron chi connectivity index (χ3n) is 1.63. The van der Waals surface area contributed by atoms with Crippen LogP contribution in [0.15, 0.2) is 0 Å². The number of nitrogens with zero attached hydrogens (tertiary/aromatic N) is 1. The Hall–Kier alpha value is -0.180. The fourth-order valence-corrected chi connectivity index (χ4v) is 0.855. The first-order chi connectivity index (χ1) is 3.72. The Morgan fingerprint density at radius 2 is 2.25 bits per heavy atom. The first-order valence-electron chi connectivity index (χ1n) is 2.70. The van der Waals surface area contributed by atoms with Gasteiger partial charge in [-0.1, -0.05) is 0 Å². The summed E-state index contributed by atoms with van der Waals surface area (Å²) in [5.74, 6) is 0. The predicted octanol–water partition coefficient (Wildman–Crippen LogP) is 0.956. The van der Waals surface area contributed by atoms with Gasteiger partial charge in [0.25, 0.3) is 6.43 Å². The lowest BCUT2D eigenvalue weighted by atomic mass is 10.1. The van der Waals surface area contributed by atoms with E-state index >= 15 is 0 Å². The normalized spacial score (nSPS) is 30.8. The zero-order valence-corrected chi connectivity index (χ0v) is 4.77. The van der Waals surface area contributed by atoms with Crippen LogP contribution in [0.5, 0.6) is 0 Å². The maximum absolute atomic E-state index is 11.7. The van der Waals surface area contributed by atoms with Gasteiger partial charge in [-0.3, -0.25) is 4.90 Å². The predicted molar refractivity (Wildman–Crippen MR) is 27.0 cm³/mol. The third kappa shape index (κ3) is 0.823. The third-order valence-corrected chi connectivity index (χ3v) is 1.63. The van der Waals surface area contributed by atoms with E-state index in [9.17, 15) is 8.78 Å². The lowest BCUT2D eigenvalue weighted by Crippen LogP contribution is -2.48. The average molecular weight is 121 g/mol. The molecule has 1 nitrogen and oxygen atoms in total. The van der Waals surface area contributed by atoms with Crippen LogP contribution >= 0.6 is 0 Å². The van der Waals surface area contributed by atoms with Gasteiger partial charge in [-0.25, -0.2) is 8.78 Å². The molecule has 1 aliphatic rings. The Bertz CT molecular complexity index is 79.7. The van der Waals surface area contributed by atoms with Crippen molar-refractivity contribution in [3.8, 4) is 0 Å². The van der Waals surface area contributed by atoms with Crippen molar-refractivity contribution >= 4 is 0 Å². The maximum atomic E-state index is 11.7. The van der Waals surface area contributed by atoms with Gasteiger partial charge in [0.2, 0.25) is 0 Å². The second-order valence-electron chi connectivity index (χ2n) is 2.17. The van der Waals surface area contributed by atoms with Crippen molar-refractivity contribution in [2.24, 2.45) is 0 Å². The Kier molecular flexibility index (Phi) is 1.47. The average Bonchev–Trinajstić information content (AvgIpc) is 1.61. The summed E-state index contributed by atoms with van der Waals surface area (Å²) in [6, 6.07) is -0.449. The minimum absolute atomic E-state index is 0.449. The molecule has 0 radical (unpaired) electrons. The van der Waals surface area contributed by atoms with Crippen LogP contribution in [0.2, 0.25) is 0 Å². The molecular weight excluding hydrogens is 112 g/mol. The summed E-state index contributed by atoms with van der Waals surface area (Å²) in [7, 11) is 1.72. The van der Waals surface area contributed by atoms with Crippen LogP contribution in [0.4, 0.5) is 8.78 Å². The number of hydrogen-bond donors (Lipinski definition) is 0. The van der Waals surface area contributed by atoms with E-state index in [1.165, 1.54) is 0 Å². The largest absolute Gasteiger partial charge is 0.298 e. The van der Waals surface area contributed by atoms with E-state index < -0.39 is 12.5 Å². The van der Waals surface area contributed by atoms with E-state index in [2.05, 4.69) is 0 Å². The zero-order chi connectivity index (χ0) is 6.15. The number of rotatable bonds is 1. The van der Waals surface area contributed by atoms with E-state index in [-0.39, 0.29) is 0 Å². The van der Waals surface area contributed by atoms with Crippen molar-refractivity contribution < 1.29 is 8.78 Å². The van der Waals surface area contributed by atoms with Crippen LogP contribution in [0.1, 0.15) is 6.42 Å². The minimum atomic E-state index is -2.14. The smallest absolute Gasteiger partial charge is 0.253 e. The maximum Gasteiger partial charge on any atom is 0.253 e. The summed E-state index contributed by atoms with van der Waals surface area (Å²) in [4.78, 5) is 1.67. The van der Waals surface area contributed by atoms with Gasteiger partial charge in [0.1, 0.15) is 0 Å². The molecule has 3 heteroatoms. The van der Waals surface area contributed by atoms with Crippen LogP contribution in [0.25, 0.3) is 0 Å². The highest BCUT2D eigenvalue weighted by atomic mass is 19.3. The highest BCUT2D eigenvalue weighted by Crippen LogP contribution is 2.20. The van der Waals surface area contributed by atoms with Gasteiger partial charge in [-0.2, -0.15) is 0 Å². The van der Waals surface area contributed by atoms with Crippen molar-refractivity contribution in [3.63, 3.8) is 0 Å². The molecular formula is C5H9F2N. The molecule has 0 spiro atoms. The number of alkyl halides is 2. The topological polar surface area (TPSA) is 3.24 Å². The Morgan fingerprint density at radius 1 is 1.62 bits per heavy atom. The van der Waals surface area contributed by atoms with Gasteiger partial charge >= 0.3 is 0 Å². The van der Waals surface area contributed by atoms with E-state index in [1.807, 2.05) is 0 Å². The van der Waals surface area contributed by atoms with Crippen LogP contribution in [-0.2, 0) is 0 Å². The fraction of sp³-hybridized carbons (Fsp3) is 1.00. The van der Waals surface area contributed by atoms with E-state index in [1.54, 1.807) is 11.9 Å². The molecule has 1 atom stereocenters. The molecule has 0 aromatic carbocycles. The molecule has 0 aliphatic carbocycles. The fourth-order valence-electron chi connectivity index (χ4n) is 0.855. The zero-order valence-electron chi connectivity index (χ0n) is 4.77. The standard InChI is InChI=1S/C5H9F2N/c1-8-3-2-4(8)5(6)7/h4-5H,2-3H2,1H3/t4-/m0/s1. The molecule has 8 heavy (non-hydrogen) atoms. The molecule has 1 rings (SSSR count). The molecule has 0 N–H and O–H groups in total. The molecule has 0 aromatic heterocycles.